The largest absolute Gasteiger partial charge is 0.380 e. The van der Waals surface area contributed by atoms with Crippen molar-refractivity contribution in [2.45, 2.75) is 18.8 Å². The van der Waals surface area contributed by atoms with E-state index in [0.717, 1.165) is 23.6 Å². The molecule has 1 fully saturated rings. The second-order valence-corrected chi connectivity index (χ2v) is 4.66. The summed E-state index contributed by atoms with van der Waals surface area (Å²) in [5, 5.41) is 0.812. The van der Waals surface area contributed by atoms with E-state index in [4.69, 9.17) is 22.1 Å². The highest BCUT2D eigenvalue weighted by atomic mass is 35.5. The van der Waals surface area contributed by atoms with Crippen molar-refractivity contribution in [1.29, 1.82) is 0 Å². The van der Waals surface area contributed by atoms with Crippen molar-refractivity contribution >= 4 is 11.6 Å². The predicted octanol–water partition coefficient (Wildman–Crippen LogP) is 2.27. The van der Waals surface area contributed by atoms with E-state index >= 15 is 0 Å². The number of nitrogens with two attached hydrogens (primary N) is 1. The maximum Gasteiger partial charge on any atom is 0.0575 e. The minimum absolute atomic E-state index is 0.0165. The maximum atomic E-state index is 6.13. The molecule has 82 valence electrons. The van der Waals surface area contributed by atoms with Crippen LogP contribution in [0.5, 0.6) is 0 Å². The summed E-state index contributed by atoms with van der Waals surface area (Å²) in [4.78, 5) is 0. The van der Waals surface area contributed by atoms with E-state index in [0.29, 0.717) is 13.2 Å². The lowest BCUT2D eigenvalue weighted by atomic mass is 9.80. The molecule has 1 unspecified atom stereocenters. The molecule has 15 heavy (non-hydrogen) atoms. The monoisotopic (exact) mass is 225 g/mol. The summed E-state index contributed by atoms with van der Waals surface area (Å²) in [6, 6.07) is 6.19. The molecule has 1 aliphatic rings. The van der Waals surface area contributed by atoms with Crippen LogP contribution >= 0.6 is 11.6 Å². The zero-order valence-corrected chi connectivity index (χ0v) is 9.68. The molecule has 3 heteroatoms. The first kappa shape index (κ1) is 10.9. The fraction of sp³-hybridized carbons (Fsp3) is 0.500. The average Bonchev–Trinajstić information content (AvgIpc) is 2.72. The van der Waals surface area contributed by atoms with Crippen molar-refractivity contribution in [3.63, 3.8) is 0 Å². The molecule has 2 N–H and O–H groups in total. The summed E-state index contributed by atoms with van der Waals surface area (Å²) in [6.07, 6.45) is 0.989. The molecule has 0 spiro atoms. The molecule has 2 nitrogen and oxygen atoms in total. The molecule has 1 atom stereocenters. The topological polar surface area (TPSA) is 35.2 Å². The molecular weight excluding hydrogens is 210 g/mol. The van der Waals surface area contributed by atoms with Gasteiger partial charge < -0.3 is 10.5 Å². The van der Waals surface area contributed by atoms with E-state index in [2.05, 4.69) is 6.07 Å². The van der Waals surface area contributed by atoms with Gasteiger partial charge in [-0.15, -0.1) is 0 Å². The third-order valence-electron chi connectivity index (χ3n) is 3.28. The predicted molar refractivity (Wildman–Crippen MR) is 62.4 cm³/mol. The van der Waals surface area contributed by atoms with Gasteiger partial charge in [-0.3, -0.25) is 0 Å². The summed E-state index contributed by atoms with van der Waals surface area (Å²) in [7, 11) is 0. The van der Waals surface area contributed by atoms with Gasteiger partial charge in [-0.25, -0.2) is 0 Å². The Labute approximate surface area is 95.4 Å². The summed E-state index contributed by atoms with van der Waals surface area (Å²) in [5.41, 5.74) is 8.16. The van der Waals surface area contributed by atoms with Crippen LogP contribution in [0, 0.1) is 6.92 Å². The lowest BCUT2D eigenvalue weighted by Crippen LogP contribution is -2.35. The zero-order chi connectivity index (χ0) is 10.9. The van der Waals surface area contributed by atoms with Gasteiger partial charge in [-0.1, -0.05) is 23.7 Å². The number of hydrogen-bond acceptors (Lipinski definition) is 2. The summed E-state index contributed by atoms with van der Waals surface area (Å²) in [5.74, 6) is 0. The Hall–Kier alpha value is -0.570. The molecular formula is C12H16ClNO. The standard InChI is InChI=1S/C12H16ClNO/c1-9-2-3-10(6-11(9)13)12(7-14)4-5-15-8-12/h2-3,6H,4-5,7-8,14H2,1H3. The van der Waals surface area contributed by atoms with Crippen molar-refractivity contribution < 1.29 is 4.74 Å². The average molecular weight is 226 g/mol. The first-order valence-electron chi connectivity index (χ1n) is 5.22. The number of aryl methyl sites for hydroxylation is 1. The van der Waals surface area contributed by atoms with Gasteiger partial charge >= 0.3 is 0 Å². The van der Waals surface area contributed by atoms with Crippen LogP contribution in [0.2, 0.25) is 5.02 Å². The quantitative estimate of drug-likeness (QED) is 0.838. The van der Waals surface area contributed by atoms with Crippen molar-refractivity contribution in [1.82, 2.24) is 0 Å². The number of hydrogen-bond donors (Lipinski definition) is 1. The lowest BCUT2D eigenvalue weighted by Gasteiger charge is -2.26. The molecule has 0 radical (unpaired) electrons. The van der Waals surface area contributed by atoms with Gasteiger partial charge in [0.15, 0.2) is 0 Å². The maximum absolute atomic E-state index is 6.13. The molecule has 1 heterocycles. The lowest BCUT2D eigenvalue weighted by molar-refractivity contribution is 0.178. The Balaban J connectivity index is 2.38. The van der Waals surface area contributed by atoms with Crippen LogP contribution in [0.3, 0.4) is 0 Å². The van der Waals surface area contributed by atoms with E-state index in [9.17, 15) is 0 Å². The first-order valence-corrected chi connectivity index (χ1v) is 5.60. The van der Waals surface area contributed by atoms with Crippen LogP contribution in [-0.2, 0) is 10.2 Å². The number of rotatable bonds is 2. The molecule has 2 rings (SSSR count). The highest BCUT2D eigenvalue weighted by Crippen LogP contribution is 2.34. The molecule has 0 amide bonds. The van der Waals surface area contributed by atoms with Crippen molar-refractivity contribution in [3.8, 4) is 0 Å². The fourth-order valence-corrected chi connectivity index (χ4v) is 2.22. The second-order valence-electron chi connectivity index (χ2n) is 4.25. The first-order chi connectivity index (χ1) is 7.18. The van der Waals surface area contributed by atoms with E-state index in [1.54, 1.807) is 0 Å². The van der Waals surface area contributed by atoms with Crippen LogP contribution in [0.15, 0.2) is 18.2 Å². The normalized spacial score (nSPS) is 25.8. The Morgan fingerprint density at radius 2 is 2.33 bits per heavy atom. The van der Waals surface area contributed by atoms with Crippen molar-refractivity contribution in [2.75, 3.05) is 19.8 Å². The van der Waals surface area contributed by atoms with Crippen LogP contribution in [0.25, 0.3) is 0 Å². The van der Waals surface area contributed by atoms with Gasteiger partial charge in [0.1, 0.15) is 0 Å². The molecule has 1 aliphatic heterocycles. The number of benzene rings is 1. The molecule has 0 aromatic heterocycles. The summed E-state index contributed by atoms with van der Waals surface area (Å²) >= 11 is 6.13. The van der Waals surface area contributed by atoms with Crippen LogP contribution in [0.4, 0.5) is 0 Å². The molecule has 1 aromatic carbocycles. The van der Waals surface area contributed by atoms with Crippen LogP contribution < -0.4 is 5.73 Å². The van der Waals surface area contributed by atoms with Gasteiger partial charge in [0.05, 0.1) is 6.61 Å². The van der Waals surface area contributed by atoms with Gasteiger partial charge in [-0.05, 0) is 30.5 Å². The number of halogens is 1. The number of ether oxygens (including phenoxy) is 1. The van der Waals surface area contributed by atoms with E-state index < -0.39 is 0 Å². The van der Waals surface area contributed by atoms with Gasteiger partial charge in [-0.2, -0.15) is 0 Å². The third kappa shape index (κ3) is 1.89. The smallest absolute Gasteiger partial charge is 0.0575 e. The highest BCUT2D eigenvalue weighted by molar-refractivity contribution is 6.31. The highest BCUT2D eigenvalue weighted by Gasteiger charge is 2.35. The van der Waals surface area contributed by atoms with Crippen LogP contribution in [0.1, 0.15) is 17.5 Å². The fourth-order valence-electron chi connectivity index (χ4n) is 2.04. The Kier molecular flexibility index (Phi) is 3.01. The van der Waals surface area contributed by atoms with Crippen molar-refractivity contribution in [3.05, 3.63) is 34.3 Å². The molecule has 0 aliphatic carbocycles. The minimum Gasteiger partial charge on any atom is -0.380 e. The zero-order valence-electron chi connectivity index (χ0n) is 8.92. The van der Waals surface area contributed by atoms with E-state index in [-0.39, 0.29) is 5.41 Å². The summed E-state index contributed by atoms with van der Waals surface area (Å²) in [6.45, 7) is 4.13. The van der Waals surface area contributed by atoms with E-state index in [1.165, 1.54) is 5.56 Å². The molecule has 1 saturated heterocycles. The molecule has 0 saturated carbocycles. The van der Waals surface area contributed by atoms with Gasteiger partial charge in [0.2, 0.25) is 0 Å². The SMILES string of the molecule is Cc1ccc(C2(CN)CCOC2)cc1Cl. The Morgan fingerprint density at radius 3 is 2.87 bits per heavy atom. The van der Waals surface area contributed by atoms with Crippen LogP contribution in [-0.4, -0.2) is 19.8 Å². The van der Waals surface area contributed by atoms with Gasteiger partial charge in [0, 0.05) is 23.6 Å². The van der Waals surface area contributed by atoms with Gasteiger partial charge in [0.25, 0.3) is 0 Å². The summed E-state index contributed by atoms with van der Waals surface area (Å²) < 4.78 is 5.45. The van der Waals surface area contributed by atoms with E-state index in [1.807, 2.05) is 19.1 Å². The Morgan fingerprint density at radius 1 is 1.53 bits per heavy atom. The molecule has 0 bridgehead atoms. The van der Waals surface area contributed by atoms with Crippen molar-refractivity contribution in [2.24, 2.45) is 5.73 Å². The third-order valence-corrected chi connectivity index (χ3v) is 3.69. The second kappa shape index (κ2) is 4.12. The Bertz CT molecular complexity index is 359. The molecule has 1 aromatic rings. The minimum atomic E-state index is -0.0165.